The Morgan fingerprint density at radius 2 is 2.12 bits per heavy atom. The Labute approximate surface area is 117 Å². The molecule has 0 fully saturated rings. The summed E-state index contributed by atoms with van der Waals surface area (Å²) in [4.78, 5) is 0. The van der Waals surface area contributed by atoms with E-state index in [1.165, 1.54) is 0 Å². The second-order valence-electron chi connectivity index (χ2n) is 4.46. The van der Waals surface area contributed by atoms with Crippen LogP contribution in [0.4, 0.5) is 0 Å². The first-order chi connectivity index (χ1) is 8.01. The minimum atomic E-state index is 0.450. The minimum Gasteiger partial charge on any atom is -0.308 e. The van der Waals surface area contributed by atoms with Crippen LogP contribution in [0.15, 0.2) is 0 Å². The molecule has 1 aromatic rings. The number of hydrogen-bond donors (Lipinski definition) is 1. The van der Waals surface area contributed by atoms with Crippen molar-refractivity contribution < 1.29 is 0 Å². The molecular weight excluding hydrogens is 302 g/mol. The Morgan fingerprint density at radius 1 is 1.47 bits per heavy atom. The van der Waals surface area contributed by atoms with Crippen molar-refractivity contribution >= 4 is 27.5 Å². The van der Waals surface area contributed by atoms with E-state index in [-0.39, 0.29) is 0 Å². The highest BCUT2D eigenvalue weighted by molar-refractivity contribution is 9.09. The van der Waals surface area contributed by atoms with Crippen LogP contribution in [0.3, 0.4) is 0 Å². The average Bonchev–Trinajstić information content (AvgIpc) is 2.61. The second kappa shape index (κ2) is 6.76. The van der Waals surface area contributed by atoms with Crippen molar-refractivity contribution in [1.82, 2.24) is 15.1 Å². The number of aromatic nitrogens is 2. The van der Waals surface area contributed by atoms with E-state index in [4.69, 9.17) is 11.6 Å². The van der Waals surface area contributed by atoms with Crippen LogP contribution >= 0.6 is 27.5 Å². The molecule has 0 aromatic carbocycles. The van der Waals surface area contributed by atoms with Gasteiger partial charge in [0.15, 0.2) is 0 Å². The van der Waals surface area contributed by atoms with E-state index >= 15 is 0 Å². The van der Waals surface area contributed by atoms with E-state index in [0.717, 1.165) is 34.8 Å². The summed E-state index contributed by atoms with van der Waals surface area (Å²) in [6.07, 6.45) is 0. The highest BCUT2D eigenvalue weighted by Crippen LogP contribution is 2.20. The molecule has 2 unspecified atom stereocenters. The summed E-state index contributed by atoms with van der Waals surface area (Å²) in [6.45, 7) is 10.1. The highest BCUT2D eigenvalue weighted by Gasteiger charge is 2.15. The van der Waals surface area contributed by atoms with Crippen molar-refractivity contribution in [2.75, 3.05) is 5.33 Å². The molecule has 0 radical (unpaired) electrons. The van der Waals surface area contributed by atoms with Crippen LogP contribution in [0.25, 0.3) is 0 Å². The predicted molar refractivity (Wildman–Crippen MR) is 76.9 cm³/mol. The average molecular weight is 323 g/mol. The van der Waals surface area contributed by atoms with Crippen molar-refractivity contribution in [1.29, 1.82) is 0 Å². The minimum absolute atomic E-state index is 0.450. The van der Waals surface area contributed by atoms with Gasteiger partial charge in [0.1, 0.15) is 0 Å². The molecule has 17 heavy (non-hydrogen) atoms. The number of hydrogen-bond acceptors (Lipinski definition) is 2. The zero-order valence-electron chi connectivity index (χ0n) is 10.9. The third-order valence-corrected chi connectivity index (χ3v) is 4.65. The lowest BCUT2D eigenvalue weighted by atomic mass is 10.1. The van der Waals surface area contributed by atoms with Gasteiger partial charge >= 0.3 is 0 Å². The molecule has 0 aliphatic heterocycles. The van der Waals surface area contributed by atoms with Gasteiger partial charge in [0.25, 0.3) is 0 Å². The number of aryl methyl sites for hydroxylation is 2. The standard InChI is InChI=1S/C12H21BrClN3/c1-5-17-11(12(14)10(4)16-17)7-15-9(3)8(2)6-13/h8-9,15H,5-7H2,1-4H3. The zero-order valence-corrected chi connectivity index (χ0v) is 13.3. The molecule has 0 aliphatic rings. The van der Waals surface area contributed by atoms with Gasteiger partial charge in [0.2, 0.25) is 0 Å². The van der Waals surface area contributed by atoms with Gasteiger partial charge < -0.3 is 5.32 Å². The first-order valence-corrected chi connectivity index (χ1v) is 7.52. The van der Waals surface area contributed by atoms with E-state index in [9.17, 15) is 0 Å². The molecule has 1 rings (SSSR count). The van der Waals surface area contributed by atoms with E-state index in [1.54, 1.807) is 0 Å². The lowest BCUT2D eigenvalue weighted by Gasteiger charge is -2.19. The molecule has 2 atom stereocenters. The quantitative estimate of drug-likeness (QED) is 0.814. The van der Waals surface area contributed by atoms with Crippen molar-refractivity contribution in [3.63, 3.8) is 0 Å². The lowest BCUT2D eigenvalue weighted by molar-refractivity contribution is 0.423. The van der Waals surface area contributed by atoms with Gasteiger partial charge in [-0.3, -0.25) is 4.68 Å². The fourth-order valence-electron chi connectivity index (χ4n) is 1.63. The van der Waals surface area contributed by atoms with Crippen LogP contribution in [0.5, 0.6) is 0 Å². The topological polar surface area (TPSA) is 29.9 Å². The summed E-state index contributed by atoms with van der Waals surface area (Å²) in [6, 6.07) is 0.450. The normalized spacial score (nSPS) is 14.9. The summed E-state index contributed by atoms with van der Waals surface area (Å²) < 4.78 is 1.97. The molecule has 1 N–H and O–H groups in total. The van der Waals surface area contributed by atoms with Crippen molar-refractivity contribution in [3.8, 4) is 0 Å². The van der Waals surface area contributed by atoms with Gasteiger partial charge in [-0.05, 0) is 26.7 Å². The molecule has 98 valence electrons. The van der Waals surface area contributed by atoms with E-state index in [1.807, 2.05) is 11.6 Å². The summed E-state index contributed by atoms with van der Waals surface area (Å²) in [5, 5.41) is 9.70. The third kappa shape index (κ3) is 3.70. The molecule has 0 bridgehead atoms. The Balaban J connectivity index is 2.68. The Bertz CT molecular complexity index is 365. The SMILES string of the molecule is CCn1nc(C)c(Cl)c1CNC(C)C(C)CBr. The molecule has 0 saturated heterocycles. The fourth-order valence-corrected chi connectivity index (χ4v) is 2.39. The maximum Gasteiger partial charge on any atom is 0.0860 e. The van der Waals surface area contributed by atoms with E-state index < -0.39 is 0 Å². The maximum absolute atomic E-state index is 6.26. The van der Waals surface area contributed by atoms with Crippen molar-refractivity contribution in [2.24, 2.45) is 5.92 Å². The van der Waals surface area contributed by atoms with Crippen molar-refractivity contribution in [2.45, 2.75) is 46.8 Å². The monoisotopic (exact) mass is 321 g/mol. The number of rotatable bonds is 6. The molecule has 0 aliphatic carbocycles. The van der Waals surface area contributed by atoms with Gasteiger partial charge in [0, 0.05) is 24.5 Å². The van der Waals surface area contributed by atoms with Gasteiger partial charge in [-0.2, -0.15) is 5.10 Å². The maximum atomic E-state index is 6.26. The summed E-state index contributed by atoms with van der Waals surface area (Å²) in [5.41, 5.74) is 1.99. The molecule has 1 aromatic heterocycles. The van der Waals surface area contributed by atoms with Gasteiger partial charge in [0.05, 0.1) is 16.4 Å². The Morgan fingerprint density at radius 3 is 2.65 bits per heavy atom. The zero-order chi connectivity index (χ0) is 13.0. The van der Waals surface area contributed by atoms with Crippen LogP contribution in [0.1, 0.15) is 32.2 Å². The number of halogens is 2. The first kappa shape index (κ1) is 15.0. The molecule has 1 heterocycles. The summed E-state index contributed by atoms with van der Waals surface area (Å²) in [7, 11) is 0. The van der Waals surface area contributed by atoms with E-state index in [2.05, 4.69) is 47.1 Å². The van der Waals surface area contributed by atoms with Crippen LogP contribution < -0.4 is 5.32 Å². The molecular formula is C12H21BrClN3. The second-order valence-corrected chi connectivity index (χ2v) is 5.49. The summed E-state index contributed by atoms with van der Waals surface area (Å²) in [5.74, 6) is 0.591. The number of nitrogens with one attached hydrogen (secondary N) is 1. The van der Waals surface area contributed by atoms with Crippen molar-refractivity contribution in [3.05, 3.63) is 16.4 Å². The molecule has 0 amide bonds. The van der Waals surface area contributed by atoms with Crippen LogP contribution in [0, 0.1) is 12.8 Å². The van der Waals surface area contributed by atoms with Crippen LogP contribution in [0.2, 0.25) is 5.02 Å². The molecule has 0 spiro atoms. The first-order valence-electron chi connectivity index (χ1n) is 6.02. The lowest BCUT2D eigenvalue weighted by Crippen LogP contribution is -2.33. The molecule has 5 heteroatoms. The predicted octanol–water partition coefficient (Wildman–Crippen LogP) is 3.37. The van der Waals surface area contributed by atoms with Crippen LogP contribution in [-0.4, -0.2) is 21.2 Å². The highest BCUT2D eigenvalue weighted by atomic mass is 79.9. The Kier molecular flexibility index (Phi) is 5.97. The Hall–Kier alpha value is -0.0600. The fraction of sp³-hybridized carbons (Fsp3) is 0.750. The van der Waals surface area contributed by atoms with Gasteiger partial charge in [-0.15, -0.1) is 0 Å². The molecule has 3 nitrogen and oxygen atoms in total. The van der Waals surface area contributed by atoms with E-state index in [0.29, 0.717) is 12.0 Å². The smallest absolute Gasteiger partial charge is 0.0860 e. The number of alkyl halides is 1. The number of nitrogens with zero attached hydrogens (tertiary/aromatic N) is 2. The van der Waals surface area contributed by atoms with Gasteiger partial charge in [-0.1, -0.05) is 34.5 Å². The van der Waals surface area contributed by atoms with Crippen LogP contribution in [-0.2, 0) is 13.1 Å². The molecule has 0 saturated carbocycles. The van der Waals surface area contributed by atoms with Gasteiger partial charge in [-0.25, -0.2) is 0 Å². The summed E-state index contributed by atoms with van der Waals surface area (Å²) >= 11 is 9.76. The third-order valence-electron chi connectivity index (χ3n) is 3.14. The largest absolute Gasteiger partial charge is 0.308 e.